The zero-order valence-electron chi connectivity index (χ0n) is 14.1. The topological polar surface area (TPSA) is 87.2 Å². The molecule has 2 atom stereocenters. The number of ether oxygens (including phenoxy) is 1. The fraction of sp³-hybridized carbons (Fsp3) is 0.812. The van der Waals surface area contributed by atoms with Crippen molar-refractivity contribution >= 4 is 18.0 Å². The van der Waals surface area contributed by atoms with Crippen LogP contribution in [0.5, 0.6) is 0 Å². The van der Waals surface area contributed by atoms with Crippen molar-refractivity contribution in [3.63, 3.8) is 0 Å². The lowest BCUT2D eigenvalue weighted by Crippen LogP contribution is -2.53. The van der Waals surface area contributed by atoms with E-state index in [0.29, 0.717) is 39.0 Å². The lowest BCUT2D eigenvalue weighted by Gasteiger charge is -2.37. The highest BCUT2D eigenvalue weighted by Crippen LogP contribution is 2.33. The maximum Gasteiger partial charge on any atom is 0.410 e. The van der Waals surface area contributed by atoms with Gasteiger partial charge in [0.15, 0.2) is 0 Å². The average molecular weight is 326 g/mol. The first-order valence-electron chi connectivity index (χ1n) is 8.18. The number of carbonyl (C=O) groups excluding carboxylic acids is 2. The quantitative estimate of drug-likeness (QED) is 0.832. The molecule has 2 fully saturated rings. The van der Waals surface area contributed by atoms with E-state index in [4.69, 9.17) is 4.74 Å². The number of nitrogens with zero attached hydrogens (tertiary/aromatic N) is 2. The Labute approximate surface area is 136 Å². The minimum Gasteiger partial charge on any atom is -0.481 e. The number of aliphatic carboxylic acids is 1. The second kappa shape index (κ2) is 6.76. The first-order valence-corrected chi connectivity index (χ1v) is 8.18. The number of carbonyl (C=O) groups is 3. The lowest BCUT2D eigenvalue weighted by molar-refractivity contribution is -0.149. The first kappa shape index (κ1) is 17.6. The Morgan fingerprint density at radius 3 is 2.00 bits per heavy atom. The highest BCUT2D eigenvalue weighted by molar-refractivity contribution is 5.85. The third-order valence-corrected chi connectivity index (χ3v) is 4.39. The number of piperazine rings is 1. The van der Waals surface area contributed by atoms with Gasteiger partial charge >= 0.3 is 12.1 Å². The number of carboxylic acids is 1. The van der Waals surface area contributed by atoms with Gasteiger partial charge in [-0.15, -0.1) is 0 Å². The molecule has 0 unspecified atom stereocenters. The molecule has 0 radical (unpaired) electrons. The van der Waals surface area contributed by atoms with Crippen molar-refractivity contribution in [2.75, 3.05) is 26.2 Å². The maximum atomic E-state index is 12.5. The van der Waals surface area contributed by atoms with Gasteiger partial charge in [0.25, 0.3) is 0 Å². The SMILES string of the molecule is CC(C)(C)OC(=O)N1CCN(C(=O)[C@@H]2CCC[C@@H]2C(=O)O)CC1. The maximum absolute atomic E-state index is 12.5. The van der Waals surface area contributed by atoms with Gasteiger partial charge in [-0.25, -0.2) is 4.79 Å². The Balaban J connectivity index is 1.88. The summed E-state index contributed by atoms with van der Waals surface area (Å²) in [5.41, 5.74) is -0.539. The van der Waals surface area contributed by atoms with E-state index in [0.717, 1.165) is 6.42 Å². The van der Waals surface area contributed by atoms with Crippen LogP contribution in [0.15, 0.2) is 0 Å². The Kier molecular flexibility index (Phi) is 5.16. The molecule has 0 spiro atoms. The Hall–Kier alpha value is -1.79. The van der Waals surface area contributed by atoms with Crippen LogP contribution in [0.4, 0.5) is 4.79 Å². The van der Waals surface area contributed by atoms with Crippen LogP contribution in [0, 0.1) is 11.8 Å². The largest absolute Gasteiger partial charge is 0.481 e. The van der Waals surface area contributed by atoms with E-state index >= 15 is 0 Å². The van der Waals surface area contributed by atoms with Crippen molar-refractivity contribution in [2.45, 2.75) is 45.6 Å². The van der Waals surface area contributed by atoms with Crippen LogP contribution in [0.2, 0.25) is 0 Å². The van der Waals surface area contributed by atoms with Crippen LogP contribution in [0.1, 0.15) is 40.0 Å². The third kappa shape index (κ3) is 4.36. The van der Waals surface area contributed by atoms with Crippen LogP contribution < -0.4 is 0 Å². The van der Waals surface area contributed by atoms with E-state index in [1.807, 2.05) is 20.8 Å². The minimum absolute atomic E-state index is 0.0845. The lowest BCUT2D eigenvalue weighted by atomic mass is 9.94. The van der Waals surface area contributed by atoms with Gasteiger partial charge in [0, 0.05) is 26.2 Å². The predicted molar refractivity (Wildman–Crippen MR) is 82.9 cm³/mol. The second-order valence-corrected chi connectivity index (χ2v) is 7.27. The third-order valence-electron chi connectivity index (χ3n) is 4.39. The van der Waals surface area contributed by atoms with Gasteiger partial charge in [-0.1, -0.05) is 6.42 Å². The molecular formula is C16H26N2O5. The standard InChI is InChI=1S/C16H26N2O5/c1-16(2,3)23-15(22)18-9-7-17(8-10-18)13(19)11-5-4-6-12(11)14(20)21/h11-12H,4-10H2,1-3H3,(H,20,21)/t11-,12+/m1/s1. The fourth-order valence-corrected chi connectivity index (χ4v) is 3.22. The molecule has 130 valence electrons. The van der Waals surface area contributed by atoms with Gasteiger partial charge in [-0.2, -0.15) is 0 Å². The number of carboxylic acid groups (broad SMARTS) is 1. The van der Waals surface area contributed by atoms with Crippen molar-refractivity contribution < 1.29 is 24.2 Å². The van der Waals surface area contributed by atoms with Crippen molar-refractivity contribution in [1.82, 2.24) is 9.80 Å². The van der Waals surface area contributed by atoms with Gasteiger partial charge in [0.1, 0.15) is 5.60 Å². The Morgan fingerprint density at radius 1 is 0.957 bits per heavy atom. The van der Waals surface area contributed by atoms with Crippen LogP contribution in [-0.2, 0) is 14.3 Å². The highest BCUT2D eigenvalue weighted by Gasteiger charge is 2.40. The molecule has 1 aliphatic heterocycles. The molecule has 1 saturated heterocycles. The molecule has 2 amide bonds. The fourth-order valence-electron chi connectivity index (χ4n) is 3.22. The van der Waals surface area contributed by atoms with E-state index in [-0.39, 0.29) is 12.0 Å². The molecule has 0 aromatic heterocycles. The summed E-state index contributed by atoms with van der Waals surface area (Å²) in [4.78, 5) is 39.1. The Bertz CT molecular complexity index is 477. The average Bonchev–Trinajstić information content (AvgIpc) is 2.94. The molecule has 1 N–H and O–H groups in total. The molecule has 2 rings (SSSR count). The van der Waals surface area contributed by atoms with E-state index in [1.165, 1.54) is 0 Å². The van der Waals surface area contributed by atoms with E-state index in [1.54, 1.807) is 9.80 Å². The molecule has 1 aliphatic carbocycles. The summed E-state index contributed by atoms with van der Waals surface area (Å²) in [6.07, 6.45) is 1.63. The van der Waals surface area contributed by atoms with Crippen LogP contribution in [0.3, 0.4) is 0 Å². The van der Waals surface area contributed by atoms with Gasteiger partial charge in [0.05, 0.1) is 11.8 Å². The zero-order valence-corrected chi connectivity index (χ0v) is 14.1. The van der Waals surface area contributed by atoms with Crippen molar-refractivity contribution in [3.8, 4) is 0 Å². The van der Waals surface area contributed by atoms with E-state index in [9.17, 15) is 19.5 Å². The molecule has 0 aromatic rings. The number of rotatable bonds is 2. The van der Waals surface area contributed by atoms with Crippen molar-refractivity contribution in [1.29, 1.82) is 0 Å². The minimum atomic E-state index is -0.881. The van der Waals surface area contributed by atoms with Crippen LogP contribution in [-0.4, -0.2) is 64.7 Å². The van der Waals surface area contributed by atoms with Gasteiger partial charge in [0.2, 0.25) is 5.91 Å². The summed E-state index contributed by atoms with van der Waals surface area (Å²) in [6.45, 7) is 7.16. The van der Waals surface area contributed by atoms with Gasteiger partial charge < -0.3 is 19.6 Å². The normalized spacial score (nSPS) is 25.3. The predicted octanol–water partition coefficient (Wildman–Crippen LogP) is 1.57. The molecule has 0 aromatic carbocycles. The zero-order chi connectivity index (χ0) is 17.2. The molecule has 23 heavy (non-hydrogen) atoms. The number of hydrogen-bond acceptors (Lipinski definition) is 4. The second-order valence-electron chi connectivity index (χ2n) is 7.27. The highest BCUT2D eigenvalue weighted by atomic mass is 16.6. The molecule has 1 heterocycles. The monoisotopic (exact) mass is 326 g/mol. The van der Waals surface area contributed by atoms with Crippen LogP contribution in [0.25, 0.3) is 0 Å². The smallest absolute Gasteiger partial charge is 0.410 e. The summed E-state index contributed by atoms with van der Waals surface area (Å²) in [5.74, 6) is -1.95. The van der Waals surface area contributed by atoms with Crippen molar-refractivity contribution in [3.05, 3.63) is 0 Å². The summed E-state index contributed by atoms with van der Waals surface area (Å²) in [7, 11) is 0. The number of amides is 2. The molecule has 0 bridgehead atoms. The van der Waals surface area contributed by atoms with Crippen LogP contribution >= 0.6 is 0 Å². The molecule has 2 aliphatic rings. The molecule has 7 heteroatoms. The van der Waals surface area contributed by atoms with Gasteiger partial charge in [-0.3, -0.25) is 9.59 Å². The molecule has 7 nitrogen and oxygen atoms in total. The summed E-state index contributed by atoms with van der Waals surface area (Å²) < 4.78 is 5.33. The van der Waals surface area contributed by atoms with Crippen molar-refractivity contribution in [2.24, 2.45) is 11.8 Å². The first-order chi connectivity index (χ1) is 10.7. The Morgan fingerprint density at radius 2 is 1.48 bits per heavy atom. The molecular weight excluding hydrogens is 300 g/mol. The van der Waals surface area contributed by atoms with E-state index < -0.39 is 23.4 Å². The van der Waals surface area contributed by atoms with E-state index in [2.05, 4.69) is 0 Å². The summed E-state index contributed by atoms with van der Waals surface area (Å²) in [6, 6.07) is 0. The number of hydrogen-bond donors (Lipinski definition) is 1. The molecule has 1 saturated carbocycles. The summed E-state index contributed by atoms with van der Waals surface area (Å²) in [5, 5.41) is 9.21. The summed E-state index contributed by atoms with van der Waals surface area (Å²) >= 11 is 0. The van der Waals surface area contributed by atoms with Gasteiger partial charge in [-0.05, 0) is 33.6 Å².